The second-order valence-corrected chi connectivity index (χ2v) is 4.00. The summed E-state index contributed by atoms with van der Waals surface area (Å²) >= 11 is 0. The quantitative estimate of drug-likeness (QED) is 0.438. The van der Waals surface area contributed by atoms with Crippen LogP contribution in [0.1, 0.15) is 27.2 Å². The van der Waals surface area contributed by atoms with Gasteiger partial charge in [0.15, 0.2) is 0 Å². The molecule has 2 unspecified atom stereocenters. The van der Waals surface area contributed by atoms with E-state index in [0.717, 1.165) is 6.29 Å². The average molecular weight is 152 g/mol. The van der Waals surface area contributed by atoms with Gasteiger partial charge in [0, 0.05) is 6.42 Å². The van der Waals surface area contributed by atoms with Gasteiger partial charge in [-0.15, -0.1) is 0 Å². The van der Waals surface area contributed by atoms with E-state index in [0.29, 0.717) is 18.3 Å². The summed E-state index contributed by atoms with van der Waals surface area (Å²) in [5.74, 6) is 1.06. The molecular weight excluding hydrogens is 136 g/mol. The molecule has 0 amide bonds. The number of hydrogen-bond donors (Lipinski definition) is 0. The van der Waals surface area contributed by atoms with E-state index >= 15 is 0 Å². The first-order chi connectivity index (χ1) is 5.09. The Kier molecular flexibility index (Phi) is 2.17. The summed E-state index contributed by atoms with van der Waals surface area (Å²) in [6.07, 6.45) is 6.09. The largest absolute Gasteiger partial charge is 0.303 e. The van der Waals surface area contributed by atoms with Gasteiger partial charge in [0.05, 0.1) is 0 Å². The number of aldehydes is 1. The Hall–Kier alpha value is -0.590. The summed E-state index contributed by atoms with van der Waals surface area (Å²) < 4.78 is 0. The summed E-state index contributed by atoms with van der Waals surface area (Å²) in [5, 5.41) is 0. The fourth-order valence-corrected chi connectivity index (χ4v) is 1.62. The first-order valence-electron chi connectivity index (χ1n) is 4.21. The first-order valence-corrected chi connectivity index (χ1v) is 4.21. The van der Waals surface area contributed by atoms with E-state index in [-0.39, 0.29) is 5.41 Å². The predicted octanol–water partition coefficient (Wildman–Crippen LogP) is 2.42. The van der Waals surface area contributed by atoms with Crippen LogP contribution in [0.25, 0.3) is 0 Å². The summed E-state index contributed by atoms with van der Waals surface area (Å²) in [7, 11) is 0. The lowest BCUT2D eigenvalue weighted by Gasteiger charge is -2.30. The van der Waals surface area contributed by atoms with Crippen molar-refractivity contribution in [3.05, 3.63) is 12.2 Å². The zero-order chi connectivity index (χ0) is 8.48. The van der Waals surface area contributed by atoms with Gasteiger partial charge in [-0.3, -0.25) is 0 Å². The third-order valence-corrected chi connectivity index (χ3v) is 3.11. The predicted molar refractivity (Wildman–Crippen MR) is 46.3 cm³/mol. The minimum absolute atomic E-state index is 0.279. The van der Waals surface area contributed by atoms with Crippen molar-refractivity contribution in [1.29, 1.82) is 0 Å². The van der Waals surface area contributed by atoms with Gasteiger partial charge in [-0.1, -0.05) is 32.9 Å². The van der Waals surface area contributed by atoms with Crippen molar-refractivity contribution in [2.45, 2.75) is 27.2 Å². The molecule has 0 aliphatic heterocycles. The molecule has 0 aromatic heterocycles. The average Bonchev–Trinajstić information content (AvgIpc) is 2.16. The van der Waals surface area contributed by atoms with E-state index in [2.05, 4.69) is 32.9 Å². The number of carbonyl (C=O) groups excluding carboxylic acids is 1. The van der Waals surface area contributed by atoms with Crippen LogP contribution in [0.3, 0.4) is 0 Å². The fraction of sp³-hybridized carbons (Fsp3) is 0.700. The molecule has 0 N–H and O–H groups in total. The molecular formula is C10H16O. The Morgan fingerprint density at radius 1 is 1.45 bits per heavy atom. The molecule has 0 fully saturated rings. The Labute approximate surface area is 68.5 Å². The normalized spacial score (nSPS) is 34.1. The van der Waals surface area contributed by atoms with Gasteiger partial charge in [0.25, 0.3) is 0 Å². The molecule has 0 aromatic rings. The number of hydrogen-bond acceptors (Lipinski definition) is 1. The molecule has 0 bridgehead atoms. The highest BCUT2D eigenvalue weighted by atomic mass is 16.1. The molecule has 1 heteroatoms. The van der Waals surface area contributed by atoms with E-state index in [1.54, 1.807) is 0 Å². The molecule has 0 radical (unpaired) electrons. The monoisotopic (exact) mass is 152 g/mol. The summed E-state index contributed by atoms with van der Waals surface area (Å²) in [6, 6.07) is 0. The summed E-state index contributed by atoms with van der Waals surface area (Å²) in [5.41, 5.74) is 0.279. The lowest BCUT2D eigenvalue weighted by Crippen LogP contribution is -2.24. The molecule has 0 heterocycles. The fourth-order valence-electron chi connectivity index (χ4n) is 1.62. The maximum atomic E-state index is 10.3. The Bertz CT molecular complexity index is 179. The number of carbonyl (C=O) groups is 1. The molecule has 0 saturated heterocycles. The van der Waals surface area contributed by atoms with Crippen molar-refractivity contribution in [3.63, 3.8) is 0 Å². The molecule has 1 aliphatic rings. The lowest BCUT2D eigenvalue weighted by atomic mass is 9.74. The molecule has 0 aromatic carbocycles. The highest BCUT2D eigenvalue weighted by Crippen LogP contribution is 2.43. The first kappa shape index (κ1) is 8.51. The van der Waals surface area contributed by atoms with Crippen LogP contribution in [0.15, 0.2) is 12.2 Å². The van der Waals surface area contributed by atoms with Crippen molar-refractivity contribution in [1.82, 2.24) is 0 Å². The zero-order valence-corrected chi connectivity index (χ0v) is 7.50. The van der Waals surface area contributed by atoms with Crippen LogP contribution in [-0.2, 0) is 4.79 Å². The molecule has 62 valence electrons. The topological polar surface area (TPSA) is 17.1 Å². The summed E-state index contributed by atoms with van der Waals surface area (Å²) in [4.78, 5) is 10.3. The highest BCUT2D eigenvalue weighted by Gasteiger charge is 2.35. The second kappa shape index (κ2) is 2.80. The van der Waals surface area contributed by atoms with Crippen LogP contribution in [-0.4, -0.2) is 6.29 Å². The van der Waals surface area contributed by atoms with Crippen LogP contribution in [0, 0.1) is 17.3 Å². The van der Waals surface area contributed by atoms with E-state index in [4.69, 9.17) is 0 Å². The second-order valence-electron chi connectivity index (χ2n) is 4.00. The molecule has 2 atom stereocenters. The van der Waals surface area contributed by atoms with Crippen molar-refractivity contribution in [2.75, 3.05) is 0 Å². The Morgan fingerprint density at radius 3 is 2.45 bits per heavy atom. The summed E-state index contributed by atoms with van der Waals surface area (Å²) in [6.45, 7) is 6.67. The Morgan fingerprint density at radius 2 is 2.09 bits per heavy atom. The van der Waals surface area contributed by atoms with Crippen molar-refractivity contribution in [2.24, 2.45) is 17.3 Å². The van der Waals surface area contributed by atoms with E-state index in [9.17, 15) is 4.79 Å². The van der Waals surface area contributed by atoms with E-state index in [1.165, 1.54) is 0 Å². The molecule has 0 spiro atoms. The molecule has 1 rings (SSSR count). The standard InChI is InChI=1S/C10H16O/c1-8-4-5-9(6-7-11)10(8,2)3/h4-5,7-9H,6H2,1-3H3. The SMILES string of the molecule is CC1C=CC(CC=O)C1(C)C. The zero-order valence-electron chi connectivity index (χ0n) is 7.50. The maximum Gasteiger partial charge on any atom is 0.120 e. The lowest BCUT2D eigenvalue weighted by molar-refractivity contribution is -0.109. The van der Waals surface area contributed by atoms with Gasteiger partial charge in [-0.2, -0.15) is 0 Å². The van der Waals surface area contributed by atoms with Gasteiger partial charge in [0.2, 0.25) is 0 Å². The van der Waals surface area contributed by atoms with Gasteiger partial charge in [-0.25, -0.2) is 0 Å². The Balaban J connectivity index is 2.69. The van der Waals surface area contributed by atoms with Crippen LogP contribution in [0.2, 0.25) is 0 Å². The van der Waals surface area contributed by atoms with Gasteiger partial charge < -0.3 is 4.79 Å². The third-order valence-electron chi connectivity index (χ3n) is 3.11. The number of allylic oxidation sites excluding steroid dienone is 2. The smallest absolute Gasteiger partial charge is 0.120 e. The highest BCUT2D eigenvalue weighted by molar-refractivity contribution is 5.51. The van der Waals surface area contributed by atoms with Crippen LogP contribution in [0.4, 0.5) is 0 Å². The van der Waals surface area contributed by atoms with E-state index in [1.807, 2.05) is 0 Å². The van der Waals surface area contributed by atoms with Crippen molar-refractivity contribution < 1.29 is 4.79 Å². The minimum atomic E-state index is 0.279. The third kappa shape index (κ3) is 1.37. The molecule has 1 nitrogen and oxygen atoms in total. The molecule has 0 saturated carbocycles. The van der Waals surface area contributed by atoms with Crippen molar-refractivity contribution in [3.8, 4) is 0 Å². The minimum Gasteiger partial charge on any atom is -0.303 e. The van der Waals surface area contributed by atoms with Crippen LogP contribution in [0.5, 0.6) is 0 Å². The van der Waals surface area contributed by atoms with Crippen LogP contribution < -0.4 is 0 Å². The molecule has 1 aliphatic carbocycles. The molecule has 11 heavy (non-hydrogen) atoms. The van der Waals surface area contributed by atoms with Crippen molar-refractivity contribution >= 4 is 6.29 Å². The van der Waals surface area contributed by atoms with Gasteiger partial charge in [-0.05, 0) is 17.3 Å². The maximum absolute atomic E-state index is 10.3. The number of rotatable bonds is 2. The van der Waals surface area contributed by atoms with E-state index < -0.39 is 0 Å². The van der Waals surface area contributed by atoms with Gasteiger partial charge >= 0.3 is 0 Å². The van der Waals surface area contributed by atoms with Crippen LogP contribution >= 0.6 is 0 Å². The van der Waals surface area contributed by atoms with Gasteiger partial charge in [0.1, 0.15) is 6.29 Å².